The van der Waals surface area contributed by atoms with Crippen LogP contribution in [0.1, 0.15) is 34.6 Å². The smallest absolute Gasteiger partial charge is 0.338 e. The first-order chi connectivity index (χ1) is 12.1. The van der Waals surface area contributed by atoms with Crippen molar-refractivity contribution in [3.63, 3.8) is 0 Å². The number of rotatable bonds is 6. The minimum absolute atomic E-state index is 0.202. The summed E-state index contributed by atoms with van der Waals surface area (Å²) in [4.78, 5) is 56.5. The monoisotopic (exact) mass is 367 g/mol. The van der Waals surface area contributed by atoms with E-state index in [1.54, 1.807) is 13.8 Å². The number of non-ortho nitro benzene ring substituents is 1. The maximum atomic E-state index is 12.0. The Hall–Kier alpha value is -3.50. The van der Waals surface area contributed by atoms with E-state index in [9.17, 15) is 29.3 Å². The maximum absolute atomic E-state index is 12.0. The first-order valence-corrected chi connectivity index (χ1v) is 7.29. The molecule has 0 aliphatic rings. The van der Waals surface area contributed by atoms with Crippen LogP contribution in [-0.2, 0) is 14.3 Å². The number of methoxy groups -OCH3 is 1. The van der Waals surface area contributed by atoms with Gasteiger partial charge in [0.2, 0.25) is 0 Å². The SMILES string of the molecule is COC(=O)c1cc(C(=O)OCC(=O)NC(=O)NC(C)C)cc([N+](=O)[O-])c1. The number of imide groups is 1. The van der Waals surface area contributed by atoms with Crippen LogP contribution >= 0.6 is 0 Å². The number of ether oxygens (including phenoxy) is 2. The third kappa shape index (κ3) is 6.19. The van der Waals surface area contributed by atoms with Crippen LogP contribution in [0, 0.1) is 10.1 Å². The Bertz CT molecular complexity index is 744. The molecule has 0 radical (unpaired) electrons. The van der Waals surface area contributed by atoms with Gasteiger partial charge in [-0.1, -0.05) is 0 Å². The molecule has 0 aliphatic carbocycles. The molecular weight excluding hydrogens is 350 g/mol. The molecule has 1 aromatic carbocycles. The standard InChI is InChI=1S/C15H17N3O8/c1-8(2)16-15(22)17-12(19)7-26-14(21)10-4-9(13(20)25-3)5-11(6-10)18(23)24/h4-6,8H,7H2,1-3H3,(H2,16,17,19,22). The zero-order chi connectivity index (χ0) is 19.9. The van der Waals surface area contributed by atoms with Gasteiger partial charge in [0.25, 0.3) is 11.6 Å². The highest BCUT2D eigenvalue weighted by Gasteiger charge is 2.20. The van der Waals surface area contributed by atoms with Gasteiger partial charge in [-0.25, -0.2) is 14.4 Å². The van der Waals surface area contributed by atoms with Crippen LogP contribution in [0.25, 0.3) is 0 Å². The van der Waals surface area contributed by atoms with Gasteiger partial charge in [0.1, 0.15) is 0 Å². The zero-order valence-corrected chi connectivity index (χ0v) is 14.2. The Labute approximate surface area is 147 Å². The third-order valence-electron chi connectivity index (χ3n) is 2.79. The molecular formula is C15H17N3O8. The summed E-state index contributed by atoms with van der Waals surface area (Å²) < 4.78 is 9.15. The van der Waals surface area contributed by atoms with Crippen molar-refractivity contribution in [3.05, 3.63) is 39.4 Å². The van der Waals surface area contributed by atoms with E-state index in [4.69, 9.17) is 4.74 Å². The molecule has 2 N–H and O–H groups in total. The van der Waals surface area contributed by atoms with Gasteiger partial charge < -0.3 is 14.8 Å². The number of benzene rings is 1. The van der Waals surface area contributed by atoms with Gasteiger partial charge in [0.15, 0.2) is 6.61 Å². The summed E-state index contributed by atoms with van der Waals surface area (Å²) in [5, 5.41) is 15.2. The lowest BCUT2D eigenvalue weighted by atomic mass is 10.1. The number of esters is 2. The number of carbonyl (C=O) groups is 4. The second kappa shape index (κ2) is 9.11. The first kappa shape index (κ1) is 20.5. The van der Waals surface area contributed by atoms with Gasteiger partial charge >= 0.3 is 18.0 Å². The predicted molar refractivity (Wildman–Crippen MR) is 86.5 cm³/mol. The number of nitrogens with zero attached hydrogens (tertiary/aromatic N) is 1. The second-order valence-corrected chi connectivity index (χ2v) is 5.27. The van der Waals surface area contributed by atoms with Crippen LogP contribution in [0.3, 0.4) is 0 Å². The van der Waals surface area contributed by atoms with Crippen LogP contribution in [0.4, 0.5) is 10.5 Å². The van der Waals surface area contributed by atoms with E-state index < -0.39 is 41.1 Å². The molecule has 26 heavy (non-hydrogen) atoms. The Morgan fingerprint density at radius 2 is 1.69 bits per heavy atom. The fraction of sp³-hybridized carbons (Fsp3) is 0.333. The lowest BCUT2D eigenvalue weighted by Gasteiger charge is -2.09. The highest BCUT2D eigenvalue weighted by Crippen LogP contribution is 2.18. The molecule has 11 nitrogen and oxygen atoms in total. The van der Waals surface area contributed by atoms with Crippen LogP contribution in [-0.4, -0.2) is 48.6 Å². The average Bonchev–Trinajstić information content (AvgIpc) is 2.57. The molecule has 1 aromatic rings. The fourth-order valence-electron chi connectivity index (χ4n) is 1.75. The van der Waals surface area contributed by atoms with Gasteiger partial charge in [0, 0.05) is 18.2 Å². The quantitative estimate of drug-likeness (QED) is 0.424. The van der Waals surface area contributed by atoms with Crippen LogP contribution < -0.4 is 10.6 Å². The Kier molecular flexibility index (Phi) is 7.20. The predicted octanol–water partition coefficient (Wildman–Crippen LogP) is 0.772. The van der Waals surface area contributed by atoms with Gasteiger partial charge in [-0.2, -0.15) is 0 Å². The van der Waals surface area contributed by atoms with Crippen molar-refractivity contribution >= 4 is 29.6 Å². The molecule has 140 valence electrons. The number of nitrogens with one attached hydrogen (secondary N) is 2. The van der Waals surface area contributed by atoms with E-state index in [2.05, 4.69) is 10.1 Å². The summed E-state index contributed by atoms with van der Waals surface area (Å²) in [7, 11) is 1.08. The number of hydrogen-bond donors (Lipinski definition) is 2. The average molecular weight is 367 g/mol. The highest BCUT2D eigenvalue weighted by atomic mass is 16.6. The molecule has 0 bridgehead atoms. The molecule has 3 amide bonds. The summed E-state index contributed by atoms with van der Waals surface area (Å²) in [6.07, 6.45) is 0. The van der Waals surface area contributed by atoms with Crippen molar-refractivity contribution in [2.45, 2.75) is 19.9 Å². The molecule has 11 heteroatoms. The summed E-state index contributed by atoms with van der Waals surface area (Å²) in [6.45, 7) is 2.58. The number of nitro groups is 1. The largest absolute Gasteiger partial charge is 0.465 e. The van der Waals surface area contributed by atoms with Crippen molar-refractivity contribution in [1.29, 1.82) is 0 Å². The van der Waals surface area contributed by atoms with Crippen LogP contribution in [0.5, 0.6) is 0 Å². The van der Waals surface area contributed by atoms with Crippen molar-refractivity contribution in [3.8, 4) is 0 Å². The Morgan fingerprint density at radius 3 is 2.19 bits per heavy atom. The fourth-order valence-corrected chi connectivity index (χ4v) is 1.75. The lowest BCUT2D eigenvalue weighted by Crippen LogP contribution is -2.44. The van der Waals surface area contributed by atoms with Crippen molar-refractivity contribution in [2.75, 3.05) is 13.7 Å². The van der Waals surface area contributed by atoms with Gasteiger partial charge in [-0.15, -0.1) is 0 Å². The van der Waals surface area contributed by atoms with E-state index in [0.717, 1.165) is 25.3 Å². The number of amides is 3. The van der Waals surface area contributed by atoms with E-state index in [1.165, 1.54) is 0 Å². The molecule has 1 rings (SSSR count). The van der Waals surface area contributed by atoms with Gasteiger partial charge in [-0.05, 0) is 19.9 Å². The van der Waals surface area contributed by atoms with Crippen molar-refractivity contribution in [2.24, 2.45) is 0 Å². The minimum Gasteiger partial charge on any atom is -0.465 e. The van der Waals surface area contributed by atoms with E-state index in [1.807, 2.05) is 5.32 Å². The molecule has 0 fully saturated rings. The molecule has 0 unspecified atom stereocenters. The number of hydrogen-bond acceptors (Lipinski definition) is 8. The summed E-state index contributed by atoms with van der Waals surface area (Å²) >= 11 is 0. The maximum Gasteiger partial charge on any atom is 0.338 e. The molecule has 0 saturated carbocycles. The topological polar surface area (TPSA) is 154 Å². The molecule has 0 atom stereocenters. The summed E-state index contributed by atoms with van der Waals surface area (Å²) in [6, 6.07) is 1.89. The molecule has 0 spiro atoms. The van der Waals surface area contributed by atoms with Crippen LogP contribution in [0.15, 0.2) is 18.2 Å². The first-order valence-electron chi connectivity index (χ1n) is 7.29. The van der Waals surface area contributed by atoms with Gasteiger partial charge in [-0.3, -0.25) is 20.2 Å². The summed E-state index contributed by atoms with van der Waals surface area (Å²) in [5.41, 5.74) is -1.07. The zero-order valence-electron chi connectivity index (χ0n) is 14.2. The van der Waals surface area contributed by atoms with Crippen LogP contribution in [0.2, 0.25) is 0 Å². The lowest BCUT2D eigenvalue weighted by molar-refractivity contribution is -0.384. The molecule has 0 aromatic heterocycles. The van der Waals surface area contributed by atoms with E-state index in [-0.39, 0.29) is 17.2 Å². The molecule has 0 heterocycles. The number of urea groups is 1. The normalized spacial score (nSPS) is 10.0. The van der Waals surface area contributed by atoms with Crippen molar-refractivity contribution < 1.29 is 33.6 Å². The second-order valence-electron chi connectivity index (χ2n) is 5.27. The Morgan fingerprint density at radius 1 is 1.12 bits per heavy atom. The Balaban J connectivity index is 2.82. The number of carbonyl (C=O) groups excluding carboxylic acids is 4. The van der Waals surface area contributed by atoms with Gasteiger partial charge in [0.05, 0.1) is 23.2 Å². The van der Waals surface area contributed by atoms with Crippen molar-refractivity contribution in [1.82, 2.24) is 10.6 Å². The van der Waals surface area contributed by atoms with E-state index >= 15 is 0 Å². The molecule has 0 aliphatic heterocycles. The minimum atomic E-state index is -1.08. The molecule has 0 saturated heterocycles. The summed E-state index contributed by atoms with van der Waals surface area (Å²) in [5.74, 6) is -2.86. The van der Waals surface area contributed by atoms with E-state index in [0.29, 0.717) is 0 Å². The number of nitro benzene ring substituents is 1. The third-order valence-corrected chi connectivity index (χ3v) is 2.79. The highest BCUT2D eigenvalue weighted by molar-refractivity contribution is 5.99.